The predicted octanol–water partition coefficient (Wildman–Crippen LogP) is 2.31. The van der Waals surface area contributed by atoms with Gasteiger partial charge < -0.3 is 10.2 Å². The molecule has 4 heteroatoms. The number of hydrogen-bond acceptors (Lipinski definition) is 4. The number of thiazole rings is 1. The summed E-state index contributed by atoms with van der Waals surface area (Å²) in [6.45, 7) is 9.96. The molecule has 1 unspecified atom stereocenters. The number of likely N-dealkylation sites (N-methyl/N-ethyl adjacent to an activating group) is 1. The fraction of sp³-hybridized carbons (Fsp3) is 0.769. The summed E-state index contributed by atoms with van der Waals surface area (Å²) in [7, 11) is 2.05. The van der Waals surface area contributed by atoms with Crippen molar-refractivity contribution in [2.24, 2.45) is 0 Å². The summed E-state index contributed by atoms with van der Waals surface area (Å²) in [5.41, 5.74) is 1.14. The van der Waals surface area contributed by atoms with Crippen LogP contribution in [0.4, 0.5) is 0 Å². The zero-order chi connectivity index (χ0) is 12.7. The molecular weight excluding hydrogens is 230 g/mol. The van der Waals surface area contributed by atoms with Crippen molar-refractivity contribution in [3.8, 4) is 0 Å². The minimum atomic E-state index is 0.543. The van der Waals surface area contributed by atoms with Gasteiger partial charge in [0.1, 0.15) is 0 Å². The molecule has 0 saturated carbocycles. The summed E-state index contributed by atoms with van der Waals surface area (Å²) in [6.07, 6.45) is 2.24. The second-order valence-corrected chi connectivity index (χ2v) is 5.33. The van der Waals surface area contributed by atoms with E-state index in [4.69, 9.17) is 0 Å². The molecule has 0 aromatic carbocycles. The van der Waals surface area contributed by atoms with Crippen LogP contribution in [0.2, 0.25) is 0 Å². The van der Waals surface area contributed by atoms with Gasteiger partial charge in [-0.15, -0.1) is 11.3 Å². The van der Waals surface area contributed by atoms with E-state index in [0.29, 0.717) is 6.04 Å². The van der Waals surface area contributed by atoms with Gasteiger partial charge in [-0.1, -0.05) is 13.8 Å². The standard InChI is InChI=1S/C13H25N3S/c1-5-16(6-2)8-7-12(14-4)9-13-15-11(3)10-17-13/h10,12,14H,5-9H2,1-4H3. The summed E-state index contributed by atoms with van der Waals surface area (Å²) in [5, 5.41) is 6.79. The Balaban J connectivity index is 2.38. The van der Waals surface area contributed by atoms with Crippen LogP contribution in [0.15, 0.2) is 5.38 Å². The van der Waals surface area contributed by atoms with Crippen LogP contribution < -0.4 is 5.32 Å². The summed E-state index contributed by atoms with van der Waals surface area (Å²) < 4.78 is 0. The molecule has 1 atom stereocenters. The Labute approximate surface area is 109 Å². The molecule has 17 heavy (non-hydrogen) atoms. The van der Waals surface area contributed by atoms with Gasteiger partial charge in [-0.25, -0.2) is 4.98 Å². The van der Waals surface area contributed by atoms with Crippen LogP contribution in [-0.4, -0.2) is 42.6 Å². The number of hydrogen-bond donors (Lipinski definition) is 1. The molecule has 1 aromatic heterocycles. The van der Waals surface area contributed by atoms with E-state index in [1.807, 2.05) is 7.05 Å². The Kier molecular flexibility index (Phi) is 6.70. The first-order valence-electron chi connectivity index (χ1n) is 6.50. The zero-order valence-electron chi connectivity index (χ0n) is 11.5. The lowest BCUT2D eigenvalue weighted by molar-refractivity contribution is 0.283. The van der Waals surface area contributed by atoms with Crippen molar-refractivity contribution in [2.45, 2.75) is 39.7 Å². The average molecular weight is 255 g/mol. The van der Waals surface area contributed by atoms with Crippen LogP contribution >= 0.6 is 11.3 Å². The highest BCUT2D eigenvalue weighted by molar-refractivity contribution is 7.09. The maximum absolute atomic E-state index is 4.53. The molecule has 1 N–H and O–H groups in total. The summed E-state index contributed by atoms with van der Waals surface area (Å²) in [6, 6.07) is 0.543. The van der Waals surface area contributed by atoms with Gasteiger partial charge in [-0.3, -0.25) is 0 Å². The third kappa shape index (κ3) is 5.15. The Hall–Kier alpha value is -0.450. The van der Waals surface area contributed by atoms with Crippen molar-refractivity contribution in [3.63, 3.8) is 0 Å². The first-order chi connectivity index (χ1) is 8.19. The molecule has 0 spiro atoms. The van der Waals surface area contributed by atoms with E-state index in [2.05, 4.69) is 41.4 Å². The van der Waals surface area contributed by atoms with Gasteiger partial charge in [0.15, 0.2) is 0 Å². The Bertz CT molecular complexity index is 307. The molecule has 0 fully saturated rings. The Morgan fingerprint density at radius 3 is 2.59 bits per heavy atom. The normalized spacial score (nSPS) is 13.2. The van der Waals surface area contributed by atoms with Crippen LogP contribution in [0.1, 0.15) is 31.0 Å². The maximum atomic E-state index is 4.53. The first-order valence-corrected chi connectivity index (χ1v) is 7.38. The average Bonchev–Trinajstić information content (AvgIpc) is 2.74. The third-order valence-electron chi connectivity index (χ3n) is 3.18. The fourth-order valence-electron chi connectivity index (χ4n) is 1.93. The molecule has 0 aliphatic rings. The van der Waals surface area contributed by atoms with Gasteiger partial charge in [-0.2, -0.15) is 0 Å². The van der Waals surface area contributed by atoms with Crippen LogP contribution in [0.25, 0.3) is 0 Å². The second-order valence-electron chi connectivity index (χ2n) is 4.39. The van der Waals surface area contributed by atoms with E-state index in [0.717, 1.165) is 25.2 Å². The highest BCUT2D eigenvalue weighted by Gasteiger charge is 2.11. The minimum Gasteiger partial charge on any atom is -0.317 e. The summed E-state index contributed by atoms with van der Waals surface area (Å²) >= 11 is 1.77. The van der Waals surface area contributed by atoms with Gasteiger partial charge >= 0.3 is 0 Å². The lowest BCUT2D eigenvalue weighted by atomic mass is 10.1. The topological polar surface area (TPSA) is 28.2 Å². The molecule has 0 aliphatic carbocycles. The van der Waals surface area contributed by atoms with Crippen LogP contribution in [0.3, 0.4) is 0 Å². The number of aryl methyl sites for hydroxylation is 1. The maximum Gasteiger partial charge on any atom is 0.0943 e. The first kappa shape index (κ1) is 14.6. The van der Waals surface area contributed by atoms with Gasteiger partial charge in [-0.05, 0) is 40.0 Å². The number of nitrogens with zero attached hydrogens (tertiary/aromatic N) is 2. The molecule has 1 heterocycles. The molecule has 98 valence electrons. The van der Waals surface area contributed by atoms with E-state index < -0.39 is 0 Å². The van der Waals surface area contributed by atoms with Gasteiger partial charge in [0, 0.05) is 23.5 Å². The van der Waals surface area contributed by atoms with Gasteiger partial charge in [0.2, 0.25) is 0 Å². The Morgan fingerprint density at radius 1 is 1.41 bits per heavy atom. The smallest absolute Gasteiger partial charge is 0.0943 e. The van der Waals surface area contributed by atoms with Crippen molar-refractivity contribution in [1.29, 1.82) is 0 Å². The van der Waals surface area contributed by atoms with Crippen molar-refractivity contribution in [1.82, 2.24) is 15.2 Å². The highest BCUT2D eigenvalue weighted by Crippen LogP contribution is 2.12. The number of nitrogens with one attached hydrogen (secondary N) is 1. The van der Waals surface area contributed by atoms with E-state index >= 15 is 0 Å². The molecule has 0 bridgehead atoms. The molecule has 0 aliphatic heterocycles. The van der Waals surface area contributed by atoms with E-state index in [9.17, 15) is 0 Å². The van der Waals surface area contributed by atoms with Crippen molar-refractivity contribution in [3.05, 3.63) is 16.1 Å². The molecule has 1 aromatic rings. The predicted molar refractivity (Wildman–Crippen MR) is 75.8 cm³/mol. The molecule has 0 amide bonds. The van der Waals surface area contributed by atoms with Gasteiger partial charge in [0.25, 0.3) is 0 Å². The second kappa shape index (κ2) is 7.80. The van der Waals surface area contributed by atoms with Crippen LogP contribution in [-0.2, 0) is 6.42 Å². The van der Waals surface area contributed by atoms with Crippen molar-refractivity contribution in [2.75, 3.05) is 26.7 Å². The lowest BCUT2D eigenvalue weighted by Crippen LogP contribution is -2.33. The van der Waals surface area contributed by atoms with Gasteiger partial charge in [0.05, 0.1) is 5.01 Å². The van der Waals surface area contributed by atoms with E-state index in [1.165, 1.54) is 18.0 Å². The third-order valence-corrected chi connectivity index (χ3v) is 4.17. The highest BCUT2D eigenvalue weighted by atomic mass is 32.1. The lowest BCUT2D eigenvalue weighted by Gasteiger charge is -2.22. The quantitative estimate of drug-likeness (QED) is 0.772. The molecule has 0 saturated heterocycles. The Morgan fingerprint density at radius 2 is 2.12 bits per heavy atom. The monoisotopic (exact) mass is 255 g/mol. The zero-order valence-corrected chi connectivity index (χ0v) is 12.3. The molecule has 0 radical (unpaired) electrons. The summed E-state index contributed by atoms with van der Waals surface area (Å²) in [5.74, 6) is 0. The molecule has 1 rings (SSSR count). The van der Waals surface area contributed by atoms with E-state index in [-0.39, 0.29) is 0 Å². The van der Waals surface area contributed by atoms with Crippen molar-refractivity contribution >= 4 is 11.3 Å². The van der Waals surface area contributed by atoms with Crippen LogP contribution in [0.5, 0.6) is 0 Å². The molecular formula is C13H25N3S. The largest absolute Gasteiger partial charge is 0.317 e. The summed E-state index contributed by atoms with van der Waals surface area (Å²) in [4.78, 5) is 7.00. The van der Waals surface area contributed by atoms with Crippen molar-refractivity contribution < 1.29 is 0 Å². The van der Waals surface area contributed by atoms with E-state index in [1.54, 1.807) is 11.3 Å². The van der Waals surface area contributed by atoms with Crippen LogP contribution in [0, 0.1) is 6.92 Å². The number of aromatic nitrogens is 1. The SMILES string of the molecule is CCN(CC)CCC(Cc1nc(C)cs1)NC. The fourth-order valence-corrected chi connectivity index (χ4v) is 2.79. The molecule has 3 nitrogen and oxygen atoms in total. The minimum absolute atomic E-state index is 0.543. The number of rotatable bonds is 8.